The third-order valence-corrected chi connectivity index (χ3v) is 3.53. The third-order valence-electron chi connectivity index (χ3n) is 3.53. The van der Waals surface area contributed by atoms with Gasteiger partial charge in [-0.15, -0.1) is 0 Å². The number of nitrogens with zero attached hydrogens (tertiary/aromatic N) is 1. The molecule has 1 rings (SSSR count). The molecule has 1 aliphatic rings. The van der Waals surface area contributed by atoms with Gasteiger partial charge in [-0.05, 0) is 39.2 Å². The minimum Gasteiger partial charge on any atom is -0.396 e. The van der Waals surface area contributed by atoms with Crippen LogP contribution in [-0.2, 0) is 0 Å². The summed E-state index contributed by atoms with van der Waals surface area (Å²) in [5, 5.41) is 12.6. The van der Waals surface area contributed by atoms with E-state index in [1.807, 2.05) is 0 Å². The summed E-state index contributed by atoms with van der Waals surface area (Å²) in [7, 11) is 0. The summed E-state index contributed by atoms with van der Waals surface area (Å²) in [5.74, 6) is 0.701. The smallest absolute Gasteiger partial charge is 0.0446 e. The molecular weight excluding hydrogens is 200 g/mol. The van der Waals surface area contributed by atoms with Gasteiger partial charge in [0.15, 0.2) is 0 Å². The predicted octanol–water partition coefficient (Wildman–Crippen LogP) is 1.47. The molecule has 0 aromatic rings. The van der Waals surface area contributed by atoms with Crippen LogP contribution in [0.2, 0.25) is 0 Å². The molecule has 3 nitrogen and oxygen atoms in total. The molecule has 0 spiro atoms. The summed E-state index contributed by atoms with van der Waals surface area (Å²) in [6.07, 6.45) is 2.05. The van der Waals surface area contributed by atoms with Crippen LogP contribution < -0.4 is 5.32 Å². The van der Waals surface area contributed by atoms with Crippen molar-refractivity contribution in [1.29, 1.82) is 0 Å². The van der Waals surface area contributed by atoms with Crippen molar-refractivity contribution >= 4 is 0 Å². The highest BCUT2D eigenvalue weighted by atomic mass is 16.3. The molecular formula is C13H28N2O. The molecule has 96 valence electrons. The summed E-state index contributed by atoms with van der Waals surface area (Å²) in [4.78, 5) is 2.58. The molecule has 0 radical (unpaired) electrons. The van der Waals surface area contributed by atoms with Crippen LogP contribution in [0, 0.1) is 5.92 Å². The number of hydrogen-bond donors (Lipinski definition) is 2. The molecule has 3 heteroatoms. The predicted molar refractivity (Wildman–Crippen MR) is 68.6 cm³/mol. The van der Waals surface area contributed by atoms with E-state index in [0.29, 0.717) is 12.0 Å². The second kappa shape index (κ2) is 5.99. The van der Waals surface area contributed by atoms with Crippen molar-refractivity contribution in [3.8, 4) is 0 Å². The van der Waals surface area contributed by atoms with E-state index in [-0.39, 0.29) is 12.1 Å². The normalized spacial score (nSPS) is 27.0. The molecule has 0 saturated carbocycles. The molecule has 1 unspecified atom stereocenters. The van der Waals surface area contributed by atoms with Crippen LogP contribution in [0.5, 0.6) is 0 Å². The second-order valence-electron chi connectivity index (χ2n) is 6.02. The topological polar surface area (TPSA) is 35.5 Å². The number of rotatable bonds is 4. The minimum atomic E-state index is 0.279. The molecule has 1 saturated heterocycles. The second-order valence-corrected chi connectivity index (χ2v) is 6.02. The highest BCUT2D eigenvalue weighted by Gasteiger charge is 2.31. The highest BCUT2D eigenvalue weighted by molar-refractivity contribution is 4.89. The van der Waals surface area contributed by atoms with E-state index >= 15 is 0 Å². The van der Waals surface area contributed by atoms with Gasteiger partial charge in [0.1, 0.15) is 0 Å². The van der Waals surface area contributed by atoms with E-state index < -0.39 is 0 Å². The molecule has 0 aliphatic carbocycles. The largest absolute Gasteiger partial charge is 0.396 e. The lowest BCUT2D eigenvalue weighted by Gasteiger charge is -2.39. The van der Waals surface area contributed by atoms with Crippen LogP contribution in [0.1, 0.15) is 40.5 Å². The monoisotopic (exact) mass is 228 g/mol. The first-order valence-electron chi connectivity index (χ1n) is 6.55. The summed E-state index contributed by atoms with van der Waals surface area (Å²) in [6.45, 7) is 12.8. The standard InChI is InChI=1S/C13H28N2O/c1-11(2)9-15-10-12(5-8-16)14-7-6-13(15,3)4/h11-12,14,16H,5-10H2,1-4H3. The average molecular weight is 228 g/mol. The minimum absolute atomic E-state index is 0.279. The zero-order chi connectivity index (χ0) is 12.2. The van der Waals surface area contributed by atoms with Crippen molar-refractivity contribution in [2.45, 2.75) is 52.1 Å². The van der Waals surface area contributed by atoms with Gasteiger partial charge in [-0.2, -0.15) is 0 Å². The van der Waals surface area contributed by atoms with Gasteiger partial charge in [-0.1, -0.05) is 13.8 Å². The number of aliphatic hydroxyl groups is 1. The van der Waals surface area contributed by atoms with Crippen molar-refractivity contribution < 1.29 is 5.11 Å². The van der Waals surface area contributed by atoms with E-state index in [0.717, 1.165) is 26.1 Å². The van der Waals surface area contributed by atoms with Crippen LogP contribution in [0.4, 0.5) is 0 Å². The maximum absolute atomic E-state index is 9.05. The summed E-state index contributed by atoms with van der Waals surface area (Å²) < 4.78 is 0. The fourth-order valence-electron chi connectivity index (χ4n) is 2.43. The lowest BCUT2D eigenvalue weighted by atomic mass is 9.97. The van der Waals surface area contributed by atoms with Crippen LogP contribution >= 0.6 is 0 Å². The maximum atomic E-state index is 9.05. The molecule has 16 heavy (non-hydrogen) atoms. The Labute approximate surface area is 100 Å². The lowest BCUT2D eigenvalue weighted by Crippen LogP contribution is -2.48. The highest BCUT2D eigenvalue weighted by Crippen LogP contribution is 2.23. The third kappa shape index (κ3) is 4.04. The molecule has 0 aromatic heterocycles. The summed E-state index contributed by atoms with van der Waals surface area (Å²) >= 11 is 0. The van der Waals surface area contributed by atoms with Gasteiger partial charge in [0, 0.05) is 31.3 Å². The van der Waals surface area contributed by atoms with E-state index in [1.165, 1.54) is 6.42 Å². The molecule has 0 amide bonds. The molecule has 0 aromatic carbocycles. The Balaban J connectivity index is 2.64. The van der Waals surface area contributed by atoms with Crippen molar-refractivity contribution in [2.24, 2.45) is 5.92 Å². The van der Waals surface area contributed by atoms with E-state index in [1.54, 1.807) is 0 Å². The van der Waals surface area contributed by atoms with Crippen molar-refractivity contribution in [1.82, 2.24) is 10.2 Å². The Morgan fingerprint density at radius 2 is 2.12 bits per heavy atom. The number of nitrogens with one attached hydrogen (secondary N) is 1. The van der Waals surface area contributed by atoms with Crippen LogP contribution in [-0.4, -0.2) is 47.8 Å². The van der Waals surface area contributed by atoms with Gasteiger partial charge in [0.2, 0.25) is 0 Å². The molecule has 1 fully saturated rings. The first-order chi connectivity index (χ1) is 7.45. The van der Waals surface area contributed by atoms with Gasteiger partial charge in [-0.3, -0.25) is 4.90 Å². The number of aliphatic hydroxyl groups excluding tert-OH is 1. The van der Waals surface area contributed by atoms with Gasteiger partial charge < -0.3 is 10.4 Å². The number of hydrogen-bond acceptors (Lipinski definition) is 3. The Kier molecular flexibility index (Phi) is 5.22. The van der Waals surface area contributed by atoms with Gasteiger partial charge in [-0.25, -0.2) is 0 Å². The van der Waals surface area contributed by atoms with Crippen molar-refractivity contribution in [3.63, 3.8) is 0 Å². The maximum Gasteiger partial charge on any atom is 0.0446 e. The Hall–Kier alpha value is -0.120. The first kappa shape index (κ1) is 13.9. The van der Waals surface area contributed by atoms with E-state index in [9.17, 15) is 0 Å². The zero-order valence-corrected chi connectivity index (χ0v) is 11.3. The average Bonchev–Trinajstić information content (AvgIpc) is 2.27. The van der Waals surface area contributed by atoms with Crippen molar-refractivity contribution in [3.05, 3.63) is 0 Å². The van der Waals surface area contributed by atoms with E-state index in [2.05, 4.69) is 37.9 Å². The van der Waals surface area contributed by atoms with Crippen molar-refractivity contribution in [2.75, 3.05) is 26.2 Å². The SMILES string of the molecule is CC(C)CN1CC(CCO)NCCC1(C)C. The van der Waals surface area contributed by atoms with E-state index in [4.69, 9.17) is 5.11 Å². The van der Waals surface area contributed by atoms with Crippen LogP contribution in [0.25, 0.3) is 0 Å². The van der Waals surface area contributed by atoms with Gasteiger partial charge in [0.05, 0.1) is 0 Å². The molecule has 1 aliphatic heterocycles. The van der Waals surface area contributed by atoms with Gasteiger partial charge >= 0.3 is 0 Å². The first-order valence-corrected chi connectivity index (χ1v) is 6.55. The zero-order valence-electron chi connectivity index (χ0n) is 11.3. The summed E-state index contributed by atoms with van der Waals surface area (Å²) in [5.41, 5.74) is 0.279. The quantitative estimate of drug-likeness (QED) is 0.765. The fourth-order valence-corrected chi connectivity index (χ4v) is 2.43. The molecule has 2 N–H and O–H groups in total. The Morgan fingerprint density at radius 1 is 1.44 bits per heavy atom. The Bertz CT molecular complexity index is 204. The Morgan fingerprint density at radius 3 is 2.69 bits per heavy atom. The fraction of sp³-hybridized carbons (Fsp3) is 1.00. The molecule has 1 atom stereocenters. The summed E-state index contributed by atoms with van der Waals surface area (Å²) in [6, 6.07) is 0.450. The molecule has 0 bridgehead atoms. The lowest BCUT2D eigenvalue weighted by molar-refractivity contribution is 0.100. The van der Waals surface area contributed by atoms with Crippen LogP contribution in [0.3, 0.4) is 0 Å². The van der Waals surface area contributed by atoms with Gasteiger partial charge in [0.25, 0.3) is 0 Å². The molecule has 1 heterocycles. The van der Waals surface area contributed by atoms with Crippen LogP contribution in [0.15, 0.2) is 0 Å².